The number of amides is 1. The first-order valence-electron chi connectivity index (χ1n) is 7.61. The molecule has 0 radical (unpaired) electrons. The molecule has 5 nitrogen and oxygen atoms in total. The molecule has 23 heavy (non-hydrogen) atoms. The Balaban J connectivity index is 1.68. The van der Waals surface area contributed by atoms with Crippen LogP contribution in [0.4, 0.5) is 0 Å². The second-order valence-electron chi connectivity index (χ2n) is 5.73. The Morgan fingerprint density at radius 3 is 2.70 bits per heavy atom. The highest BCUT2D eigenvalue weighted by atomic mass is 16.5. The van der Waals surface area contributed by atoms with Gasteiger partial charge in [-0.3, -0.25) is 14.9 Å². The molecule has 0 fully saturated rings. The quantitative estimate of drug-likeness (QED) is 0.672. The third-order valence-corrected chi connectivity index (χ3v) is 4.23. The Labute approximate surface area is 135 Å². The zero-order chi connectivity index (χ0) is 16.2. The molecule has 0 atom stereocenters. The van der Waals surface area contributed by atoms with Crippen LogP contribution < -0.4 is 10.2 Å². The molecular weight excluding hydrogens is 292 g/mol. The number of nitrogens with one attached hydrogen (secondary N) is 1. The molecule has 1 amide bonds. The van der Waals surface area contributed by atoms with Gasteiger partial charge in [0.1, 0.15) is 5.75 Å². The van der Waals surface area contributed by atoms with E-state index in [1.54, 1.807) is 18.7 Å². The highest BCUT2D eigenvalue weighted by molar-refractivity contribution is 5.93. The number of carbonyl (C=O) groups excluding carboxylic acids is 1. The summed E-state index contributed by atoms with van der Waals surface area (Å²) in [4.78, 5) is 13.9. The van der Waals surface area contributed by atoms with Crippen LogP contribution in [0.3, 0.4) is 0 Å². The van der Waals surface area contributed by atoms with Crippen LogP contribution in [0.1, 0.15) is 27.0 Å². The molecule has 2 N–H and O–H groups in total. The summed E-state index contributed by atoms with van der Waals surface area (Å²) < 4.78 is 5.18. The molecule has 3 rings (SSSR count). The van der Waals surface area contributed by atoms with Gasteiger partial charge in [0.2, 0.25) is 0 Å². The lowest BCUT2D eigenvalue weighted by Gasteiger charge is -2.29. The van der Waals surface area contributed by atoms with Crippen LogP contribution in [0.2, 0.25) is 0 Å². The van der Waals surface area contributed by atoms with Gasteiger partial charge >= 0.3 is 0 Å². The van der Waals surface area contributed by atoms with E-state index in [1.165, 1.54) is 16.7 Å². The minimum atomic E-state index is -0.464. The molecule has 0 aliphatic carbocycles. The maximum absolute atomic E-state index is 11.5. The summed E-state index contributed by atoms with van der Waals surface area (Å²) in [5, 5.41) is 8.72. The summed E-state index contributed by atoms with van der Waals surface area (Å²) in [6.07, 6.45) is 0.901. The Morgan fingerprint density at radius 2 is 2.00 bits per heavy atom. The molecule has 0 saturated carbocycles. The molecule has 0 spiro atoms. The maximum atomic E-state index is 11.5. The van der Waals surface area contributed by atoms with E-state index in [0.717, 1.165) is 31.8 Å². The number of rotatable bonds is 4. The molecule has 1 aliphatic rings. The van der Waals surface area contributed by atoms with Crippen LogP contribution in [0, 0.1) is 0 Å². The van der Waals surface area contributed by atoms with E-state index < -0.39 is 5.91 Å². The van der Waals surface area contributed by atoms with Gasteiger partial charge in [0.25, 0.3) is 5.91 Å². The van der Waals surface area contributed by atoms with Crippen molar-refractivity contribution in [3.63, 3.8) is 0 Å². The van der Waals surface area contributed by atoms with Crippen molar-refractivity contribution < 1.29 is 14.7 Å². The van der Waals surface area contributed by atoms with Gasteiger partial charge in [-0.25, -0.2) is 5.48 Å². The summed E-state index contributed by atoms with van der Waals surface area (Å²) in [6, 6.07) is 13.7. The van der Waals surface area contributed by atoms with Gasteiger partial charge in [0, 0.05) is 25.2 Å². The predicted molar refractivity (Wildman–Crippen MR) is 86.5 cm³/mol. The molecule has 0 unspecified atom stereocenters. The van der Waals surface area contributed by atoms with Crippen LogP contribution >= 0.6 is 0 Å². The van der Waals surface area contributed by atoms with Crippen LogP contribution in [-0.2, 0) is 19.5 Å². The van der Waals surface area contributed by atoms with Crippen molar-refractivity contribution in [3.8, 4) is 5.75 Å². The highest BCUT2D eigenvalue weighted by Crippen LogP contribution is 2.22. The van der Waals surface area contributed by atoms with E-state index in [1.807, 2.05) is 24.3 Å². The summed E-state index contributed by atoms with van der Waals surface area (Å²) >= 11 is 0. The standard InChI is InChI=1S/C18H20N2O3/c1-23-17-6-2-13(3-7-17)11-20-9-8-14-10-15(18(21)19-22)4-5-16(14)12-20/h2-7,10,22H,8-9,11-12H2,1H3,(H,19,21). The number of hydrogen-bond acceptors (Lipinski definition) is 4. The fourth-order valence-electron chi connectivity index (χ4n) is 2.94. The number of hydroxylamine groups is 1. The van der Waals surface area contributed by atoms with E-state index in [2.05, 4.69) is 17.0 Å². The van der Waals surface area contributed by atoms with Crippen molar-refractivity contribution in [1.29, 1.82) is 0 Å². The predicted octanol–water partition coefficient (Wildman–Crippen LogP) is 2.37. The van der Waals surface area contributed by atoms with E-state index in [9.17, 15) is 4.79 Å². The van der Waals surface area contributed by atoms with Crippen molar-refractivity contribution in [1.82, 2.24) is 10.4 Å². The Bertz CT molecular complexity index is 698. The van der Waals surface area contributed by atoms with Crippen LogP contribution in [0.5, 0.6) is 5.75 Å². The number of benzene rings is 2. The number of carbonyl (C=O) groups is 1. The van der Waals surface area contributed by atoms with Crippen molar-refractivity contribution in [2.75, 3.05) is 13.7 Å². The third kappa shape index (κ3) is 3.52. The zero-order valence-corrected chi connectivity index (χ0v) is 13.1. The smallest absolute Gasteiger partial charge is 0.274 e. The van der Waals surface area contributed by atoms with Gasteiger partial charge in [0.05, 0.1) is 7.11 Å². The highest BCUT2D eigenvalue weighted by Gasteiger charge is 2.18. The fraction of sp³-hybridized carbons (Fsp3) is 0.278. The van der Waals surface area contributed by atoms with Crippen molar-refractivity contribution in [3.05, 3.63) is 64.7 Å². The average Bonchev–Trinajstić information content (AvgIpc) is 2.61. The maximum Gasteiger partial charge on any atom is 0.274 e. The minimum Gasteiger partial charge on any atom is -0.497 e. The topological polar surface area (TPSA) is 61.8 Å². The van der Waals surface area contributed by atoms with E-state index >= 15 is 0 Å². The number of methoxy groups -OCH3 is 1. The van der Waals surface area contributed by atoms with Gasteiger partial charge in [-0.15, -0.1) is 0 Å². The SMILES string of the molecule is COc1ccc(CN2CCc3cc(C(=O)NO)ccc3C2)cc1. The third-order valence-electron chi connectivity index (χ3n) is 4.23. The van der Waals surface area contributed by atoms with Crippen molar-refractivity contribution in [2.24, 2.45) is 0 Å². The Kier molecular flexibility index (Phi) is 4.60. The Hall–Kier alpha value is -2.37. The molecule has 5 heteroatoms. The molecule has 2 aromatic carbocycles. The van der Waals surface area contributed by atoms with Gasteiger partial charge in [-0.2, -0.15) is 0 Å². The van der Waals surface area contributed by atoms with Crippen LogP contribution in [-0.4, -0.2) is 29.7 Å². The Morgan fingerprint density at radius 1 is 1.22 bits per heavy atom. The first-order valence-corrected chi connectivity index (χ1v) is 7.61. The molecule has 1 aliphatic heterocycles. The molecule has 0 saturated heterocycles. The second kappa shape index (κ2) is 6.81. The fourth-order valence-corrected chi connectivity index (χ4v) is 2.94. The molecule has 0 aromatic heterocycles. The summed E-state index contributed by atoms with van der Waals surface area (Å²) in [7, 11) is 1.67. The van der Waals surface area contributed by atoms with Gasteiger partial charge in [-0.05, 0) is 47.4 Å². The average molecular weight is 312 g/mol. The molecule has 0 bridgehead atoms. The van der Waals surface area contributed by atoms with Gasteiger partial charge < -0.3 is 4.74 Å². The first kappa shape index (κ1) is 15.5. The van der Waals surface area contributed by atoms with E-state index in [-0.39, 0.29) is 0 Å². The summed E-state index contributed by atoms with van der Waals surface area (Å²) in [5.74, 6) is 0.404. The monoisotopic (exact) mass is 312 g/mol. The number of nitrogens with zero attached hydrogens (tertiary/aromatic N) is 1. The van der Waals surface area contributed by atoms with Gasteiger partial charge in [0.15, 0.2) is 0 Å². The largest absolute Gasteiger partial charge is 0.497 e. The number of fused-ring (bicyclic) bond motifs is 1. The molecule has 2 aromatic rings. The molecule has 1 heterocycles. The summed E-state index contributed by atoms with van der Waals surface area (Å²) in [6.45, 7) is 2.70. The van der Waals surface area contributed by atoms with Crippen molar-refractivity contribution >= 4 is 5.91 Å². The lowest BCUT2D eigenvalue weighted by Crippen LogP contribution is -2.30. The number of ether oxygens (including phenoxy) is 1. The molecular formula is C18H20N2O3. The zero-order valence-electron chi connectivity index (χ0n) is 13.1. The van der Waals surface area contributed by atoms with Crippen LogP contribution in [0.15, 0.2) is 42.5 Å². The lowest BCUT2D eigenvalue weighted by molar-refractivity contribution is 0.0706. The summed E-state index contributed by atoms with van der Waals surface area (Å²) in [5.41, 5.74) is 5.84. The molecule has 120 valence electrons. The first-order chi connectivity index (χ1) is 11.2. The second-order valence-corrected chi connectivity index (χ2v) is 5.73. The van der Waals surface area contributed by atoms with Crippen LogP contribution in [0.25, 0.3) is 0 Å². The van der Waals surface area contributed by atoms with Crippen molar-refractivity contribution in [2.45, 2.75) is 19.5 Å². The normalized spacial score (nSPS) is 14.2. The van der Waals surface area contributed by atoms with Gasteiger partial charge in [-0.1, -0.05) is 18.2 Å². The number of hydrogen-bond donors (Lipinski definition) is 2. The van der Waals surface area contributed by atoms with E-state index in [4.69, 9.17) is 9.94 Å². The van der Waals surface area contributed by atoms with E-state index in [0.29, 0.717) is 5.56 Å². The lowest BCUT2D eigenvalue weighted by atomic mass is 9.96. The minimum absolute atomic E-state index is 0.464.